The van der Waals surface area contributed by atoms with Crippen molar-refractivity contribution in [2.24, 2.45) is 0 Å². The number of halogens is 1. The van der Waals surface area contributed by atoms with E-state index >= 15 is 0 Å². The van der Waals surface area contributed by atoms with E-state index in [9.17, 15) is 12.8 Å². The fourth-order valence-corrected chi connectivity index (χ4v) is 3.09. The molecule has 23 heavy (non-hydrogen) atoms. The molecule has 0 aliphatic carbocycles. The molecule has 0 bridgehead atoms. The van der Waals surface area contributed by atoms with Crippen LogP contribution in [-0.2, 0) is 10.0 Å². The van der Waals surface area contributed by atoms with Gasteiger partial charge in [-0.15, -0.1) is 0 Å². The predicted molar refractivity (Wildman–Crippen MR) is 86.6 cm³/mol. The molecule has 2 N–H and O–H groups in total. The summed E-state index contributed by atoms with van der Waals surface area (Å²) in [5, 5.41) is 7.11. The molecule has 2 aromatic rings. The van der Waals surface area contributed by atoms with Gasteiger partial charge in [0.1, 0.15) is 11.5 Å². The first kappa shape index (κ1) is 17.6. The van der Waals surface area contributed by atoms with Gasteiger partial charge in [-0.2, -0.15) is 5.10 Å². The average molecular weight is 340 g/mol. The van der Waals surface area contributed by atoms with E-state index in [-0.39, 0.29) is 17.1 Å². The molecule has 8 heteroatoms. The Hall–Kier alpha value is -1.77. The number of aryl methyl sites for hydroxylation is 1. The maximum atomic E-state index is 14.2. The predicted octanol–water partition coefficient (Wildman–Crippen LogP) is 1.60. The van der Waals surface area contributed by atoms with Crippen molar-refractivity contribution in [2.45, 2.75) is 25.2 Å². The van der Waals surface area contributed by atoms with Crippen LogP contribution in [0.25, 0.3) is 5.69 Å². The van der Waals surface area contributed by atoms with E-state index in [1.165, 1.54) is 16.8 Å². The molecule has 126 valence electrons. The van der Waals surface area contributed by atoms with Crippen molar-refractivity contribution in [3.8, 4) is 5.69 Å². The molecule has 1 aromatic carbocycles. The Kier molecular flexibility index (Phi) is 5.86. The summed E-state index contributed by atoms with van der Waals surface area (Å²) in [6.07, 6.45) is 4.26. The van der Waals surface area contributed by atoms with Gasteiger partial charge in [-0.25, -0.2) is 22.2 Å². The standard InChI is InChI=1S/C15H21FN4O2S/c1-3-6-17-7-8-19-23(21,22)13-4-5-15(14(16)9-13)20-11-12(2)10-18-20/h4-5,9-11,17,19H,3,6-8H2,1-2H3. The lowest BCUT2D eigenvalue weighted by atomic mass is 10.3. The van der Waals surface area contributed by atoms with Gasteiger partial charge >= 0.3 is 0 Å². The first-order chi connectivity index (χ1) is 10.9. The van der Waals surface area contributed by atoms with Crippen LogP contribution < -0.4 is 10.0 Å². The van der Waals surface area contributed by atoms with Crippen molar-refractivity contribution < 1.29 is 12.8 Å². The highest BCUT2D eigenvalue weighted by Gasteiger charge is 2.16. The van der Waals surface area contributed by atoms with Crippen LogP contribution >= 0.6 is 0 Å². The largest absolute Gasteiger partial charge is 0.315 e. The smallest absolute Gasteiger partial charge is 0.240 e. The quantitative estimate of drug-likeness (QED) is 0.716. The van der Waals surface area contributed by atoms with E-state index in [1.807, 2.05) is 13.8 Å². The molecule has 0 saturated carbocycles. The van der Waals surface area contributed by atoms with Crippen molar-refractivity contribution in [1.29, 1.82) is 0 Å². The first-order valence-electron chi connectivity index (χ1n) is 7.45. The van der Waals surface area contributed by atoms with Crippen molar-refractivity contribution >= 4 is 10.0 Å². The molecule has 1 heterocycles. The van der Waals surface area contributed by atoms with E-state index in [0.717, 1.165) is 24.6 Å². The molecule has 1 aromatic heterocycles. The lowest BCUT2D eigenvalue weighted by molar-refractivity contribution is 0.570. The van der Waals surface area contributed by atoms with Gasteiger partial charge in [0.05, 0.1) is 11.1 Å². The lowest BCUT2D eigenvalue weighted by Crippen LogP contribution is -2.32. The van der Waals surface area contributed by atoms with Crippen LogP contribution in [-0.4, -0.2) is 37.8 Å². The average Bonchev–Trinajstić information content (AvgIpc) is 2.93. The number of nitrogens with one attached hydrogen (secondary N) is 2. The molecule has 2 rings (SSSR count). The topological polar surface area (TPSA) is 76.0 Å². The van der Waals surface area contributed by atoms with E-state index in [1.54, 1.807) is 12.4 Å². The molecule has 0 aliphatic rings. The molecule has 0 amide bonds. The fourth-order valence-electron chi connectivity index (χ4n) is 2.04. The summed E-state index contributed by atoms with van der Waals surface area (Å²) in [4.78, 5) is -0.0990. The van der Waals surface area contributed by atoms with Gasteiger partial charge < -0.3 is 5.32 Å². The minimum Gasteiger partial charge on any atom is -0.315 e. The molecule has 0 atom stereocenters. The molecule has 0 spiro atoms. The molecule has 0 fully saturated rings. The zero-order valence-electron chi connectivity index (χ0n) is 13.2. The van der Waals surface area contributed by atoms with Crippen molar-refractivity contribution in [1.82, 2.24) is 19.8 Å². The third kappa shape index (κ3) is 4.60. The lowest BCUT2D eigenvalue weighted by Gasteiger charge is -2.09. The van der Waals surface area contributed by atoms with Gasteiger partial charge in [-0.05, 0) is 43.7 Å². The summed E-state index contributed by atoms with van der Waals surface area (Å²) in [7, 11) is -3.72. The van der Waals surface area contributed by atoms with Crippen LogP contribution in [0.5, 0.6) is 0 Å². The summed E-state index contributed by atoms with van der Waals surface area (Å²) in [6.45, 7) is 5.48. The zero-order chi connectivity index (χ0) is 16.9. The molecule has 0 unspecified atom stereocenters. The third-order valence-electron chi connectivity index (χ3n) is 3.21. The van der Waals surface area contributed by atoms with E-state index in [2.05, 4.69) is 15.1 Å². The van der Waals surface area contributed by atoms with Crippen molar-refractivity contribution in [2.75, 3.05) is 19.6 Å². The number of nitrogens with zero attached hydrogens (tertiary/aromatic N) is 2. The summed E-state index contributed by atoms with van der Waals surface area (Å²) in [5.74, 6) is -0.639. The molecule has 0 radical (unpaired) electrons. The second kappa shape index (κ2) is 7.67. The summed E-state index contributed by atoms with van der Waals surface area (Å²) >= 11 is 0. The SMILES string of the molecule is CCCNCCNS(=O)(=O)c1ccc(-n2cc(C)cn2)c(F)c1. The minimum absolute atomic E-state index is 0.0990. The minimum atomic E-state index is -3.72. The number of benzene rings is 1. The highest BCUT2D eigenvalue weighted by Crippen LogP contribution is 2.18. The Labute approximate surface area is 135 Å². The van der Waals surface area contributed by atoms with Gasteiger partial charge in [-0.3, -0.25) is 0 Å². The van der Waals surface area contributed by atoms with Gasteiger partial charge in [0.2, 0.25) is 10.0 Å². The van der Waals surface area contributed by atoms with Crippen LogP contribution in [0.4, 0.5) is 4.39 Å². The van der Waals surface area contributed by atoms with Gasteiger partial charge in [0.15, 0.2) is 0 Å². The van der Waals surface area contributed by atoms with Gasteiger partial charge in [-0.1, -0.05) is 6.92 Å². The first-order valence-corrected chi connectivity index (χ1v) is 8.94. The Bertz CT molecular complexity index is 759. The molecular weight excluding hydrogens is 319 g/mol. The maximum Gasteiger partial charge on any atom is 0.240 e. The fraction of sp³-hybridized carbons (Fsp3) is 0.400. The molecular formula is C15H21FN4O2S. The Morgan fingerprint density at radius 1 is 1.26 bits per heavy atom. The summed E-state index contributed by atoms with van der Waals surface area (Å²) in [5.41, 5.74) is 1.10. The molecule has 0 aliphatic heterocycles. The highest BCUT2D eigenvalue weighted by atomic mass is 32.2. The second-order valence-corrected chi connectivity index (χ2v) is 6.99. The zero-order valence-corrected chi connectivity index (χ0v) is 14.0. The summed E-state index contributed by atoms with van der Waals surface area (Å²) < 4.78 is 42.3. The van der Waals surface area contributed by atoms with E-state index in [0.29, 0.717) is 6.54 Å². The van der Waals surface area contributed by atoms with Crippen LogP contribution in [0.3, 0.4) is 0 Å². The molecule has 6 nitrogen and oxygen atoms in total. The number of aromatic nitrogens is 2. The van der Waals surface area contributed by atoms with Gasteiger partial charge in [0, 0.05) is 19.3 Å². The molecule has 0 saturated heterocycles. The van der Waals surface area contributed by atoms with E-state index < -0.39 is 15.8 Å². The number of hydrogen-bond acceptors (Lipinski definition) is 4. The highest BCUT2D eigenvalue weighted by molar-refractivity contribution is 7.89. The third-order valence-corrected chi connectivity index (χ3v) is 4.67. The van der Waals surface area contributed by atoms with Gasteiger partial charge in [0.25, 0.3) is 0 Å². The Morgan fingerprint density at radius 2 is 2.04 bits per heavy atom. The van der Waals surface area contributed by atoms with Crippen molar-refractivity contribution in [3.63, 3.8) is 0 Å². The normalized spacial score (nSPS) is 11.8. The van der Waals surface area contributed by atoms with Crippen LogP contribution in [0.15, 0.2) is 35.5 Å². The second-order valence-electron chi connectivity index (χ2n) is 5.22. The Balaban J connectivity index is 2.09. The van der Waals surface area contributed by atoms with E-state index in [4.69, 9.17) is 0 Å². The Morgan fingerprint density at radius 3 is 2.65 bits per heavy atom. The number of sulfonamides is 1. The number of rotatable bonds is 8. The van der Waals surface area contributed by atoms with Crippen LogP contribution in [0, 0.1) is 12.7 Å². The monoisotopic (exact) mass is 340 g/mol. The van der Waals surface area contributed by atoms with Crippen LogP contribution in [0.2, 0.25) is 0 Å². The summed E-state index contributed by atoms with van der Waals surface area (Å²) in [6, 6.07) is 3.79. The maximum absolute atomic E-state index is 14.2. The van der Waals surface area contributed by atoms with Crippen LogP contribution in [0.1, 0.15) is 18.9 Å². The van der Waals surface area contributed by atoms with Crippen molar-refractivity contribution in [3.05, 3.63) is 42.0 Å². The number of hydrogen-bond donors (Lipinski definition) is 2.